The van der Waals surface area contributed by atoms with Gasteiger partial charge in [0.1, 0.15) is 11.5 Å². The Bertz CT molecular complexity index is 681. The van der Waals surface area contributed by atoms with E-state index in [1.165, 1.54) is 0 Å². The van der Waals surface area contributed by atoms with Gasteiger partial charge in [0, 0.05) is 45.6 Å². The van der Waals surface area contributed by atoms with Crippen LogP contribution in [0.25, 0.3) is 0 Å². The number of aryl methyl sites for hydroxylation is 1. The summed E-state index contributed by atoms with van der Waals surface area (Å²) in [4.78, 5) is 20.7. The molecule has 0 aliphatic carbocycles. The second-order valence-electron chi connectivity index (χ2n) is 5.67. The summed E-state index contributed by atoms with van der Waals surface area (Å²) in [7, 11) is 3.59. The molecule has 0 atom stereocenters. The molecule has 0 spiro atoms. The minimum absolute atomic E-state index is 0. The Balaban J connectivity index is 0.00000225. The van der Waals surface area contributed by atoms with Gasteiger partial charge in [-0.25, -0.2) is 4.98 Å². The monoisotopic (exact) mass is 366 g/mol. The number of methoxy groups -OCH3 is 1. The van der Waals surface area contributed by atoms with E-state index in [4.69, 9.17) is 9.47 Å². The fourth-order valence-corrected chi connectivity index (χ4v) is 2.73. The number of benzene rings is 1. The molecule has 1 aliphatic rings. The average molecular weight is 367 g/mol. The number of hydrogen-bond acceptors (Lipinski definition) is 5. The van der Waals surface area contributed by atoms with E-state index in [9.17, 15) is 4.79 Å². The van der Waals surface area contributed by atoms with E-state index in [2.05, 4.69) is 9.88 Å². The number of ether oxygens (including phenoxy) is 2. The Labute approximate surface area is 153 Å². The number of hydrogen-bond donors (Lipinski definition) is 0. The molecule has 1 aromatic carbocycles. The van der Waals surface area contributed by atoms with Crippen LogP contribution in [0.5, 0.6) is 11.5 Å². The molecular formula is C17H23ClN4O3. The van der Waals surface area contributed by atoms with Gasteiger partial charge in [-0.15, -0.1) is 12.4 Å². The van der Waals surface area contributed by atoms with E-state index in [-0.39, 0.29) is 24.9 Å². The van der Waals surface area contributed by atoms with Crippen molar-refractivity contribution in [1.29, 1.82) is 0 Å². The summed E-state index contributed by atoms with van der Waals surface area (Å²) >= 11 is 0. The summed E-state index contributed by atoms with van der Waals surface area (Å²) in [5, 5.41) is 0. The van der Waals surface area contributed by atoms with Crippen LogP contribution >= 0.6 is 12.4 Å². The highest BCUT2D eigenvalue weighted by Gasteiger charge is 2.23. The lowest BCUT2D eigenvalue weighted by Gasteiger charge is -2.35. The molecule has 1 amide bonds. The zero-order valence-electron chi connectivity index (χ0n) is 14.4. The van der Waals surface area contributed by atoms with Gasteiger partial charge in [-0.2, -0.15) is 0 Å². The summed E-state index contributed by atoms with van der Waals surface area (Å²) in [6, 6.07) is 7.22. The first-order valence-corrected chi connectivity index (χ1v) is 7.94. The van der Waals surface area contributed by atoms with Gasteiger partial charge in [0.05, 0.1) is 7.11 Å². The Morgan fingerprint density at radius 2 is 1.76 bits per heavy atom. The van der Waals surface area contributed by atoms with E-state index in [1.54, 1.807) is 25.4 Å². The zero-order chi connectivity index (χ0) is 16.9. The minimum Gasteiger partial charge on any atom is -0.497 e. The maximum atomic E-state index is 12.3. The molecule has 1 aromatic heterocycles. The standard InChI is InChI=1S/C17H22N4O3.ClH/c1-19-8-7-18-17(19)21-11-9-20(10-12-21)16(22)13-24-15-5-3-14(23-2)4-6-15;/h3-8H,9-13H2,1-2H3;1H. The van der Waals surface area contributed by atoms with E-state index in [0.29, 0.717) is 18.8 Å². The van der Waals surface area contributed by atoms with Crippen molar-refractivity contribution in [2.24, 2.45) is 7.05 Å². The molecule has 8 heteroatoms. The number of amides is 1. The molecule has 3 rings (SSSR count). The first-order chi connectivity index (χ1) is 11.7. The molecule has 2 heterocycles. The molecule has 1 saturated heterocycles. The van der Waals surface area contributed by atoms with Crippen molar-refractivity contribution < 1.29 is 14.3 Å². The van der Waals surface area contributed by atoms with Gasteiger partial charge in [0.15, 0.2) is 6.61 Å². The highest BCUT2D eigenvalue weighted by molar-refractivity contribution is 5.85. The first kappa shape index (κ1) is 18.9. The van der Waals surface area contributed by atoms with Crippen LogP contribution in [0.2, 0.25) is 0 Å². The van der Waals surface area contributed by atoms with Gasteiger partial charge in [-0.3, -0.25) is 4.79 Å². The normalized spacial score (nSPS) is 14.0. The predicted octanol–water partition coefficient (Wildman–Crippen LogP) is 1.58. The van der Waals surface area contributed by atoms with Gasteiger partial charge >= 0.3 is 0 Å². The summed E-state index contributed by atoms with van der Waals surface area (Å²) in [5.74, 6) is 2.37. The van der Waals surface area contributed by atoms with Crippen molar-refractivity contribution in [3.63, 3.8) is 0 Å². The molecule has 7 nitrogen and oxygen atoms in total. The number of aromatic nitrogens is 2. The van der Waals surface area contributed by atoms with E-state index in [0.717, 1.165) is 24.8 Å². The van der Waals surface area contributed by atoms with E-state index < -0.39 is 0 Å². The quantitative estimate of drug-likeness (QED) is 0.804. The van der Waals surface area contributed by atoms with Gasteiger partial charge in [-0.05, 0) is 24.3 Å². The first-order valence-electron chi connectivity index (χ1n) is 7.94. The third-order valence-corrected chi connectivity index (χ3v) is 4.13. The Morgan fingerprint density at radius 3 is 2.32 bits per heavy atom. The van der Waals surface area contributed by atoms with Crippen molar-refractivity contribution in [1.82, 2.24) is 14.5 Å². The second kappa shape index (κ2) is 8.62. The maximum absolute atomic E-state index is 12.3. The van der Waals surface area contributed by atoms with Crippen molar-refractivity contribution in [3.05, 3.63) is 36.7 Å². The van der Waals surface area contributed by atoms with Crippen LogP contribution in [-0.2, 0) is 11.8 Å². The molecule has 1 fully saturated rings. The number of piperazine rings is 1. The smallest absolute Gasteiger partial charge is 0.260 e. The van der Waals surface area contributed by atoms with Crippen LogP contribution in [0.1, 0.15) is 0 Å². The van der Waals surface area contributed by atoms with Crippen LogP contribution < -0.4 is 14.4 Å². The van der Waals surface area contributed by atoms with E-state index in [1.807, 2.05) is 34.8 Å². The summed E-state index contributed by atoms with van der Waals surface area (Å²) in [6.07, 6.45) is 3.71. The molecule has 25 heavy (non-hydrogen) atoms. The number of carbonyl (C=O) groups excluding carboxylic acids is 1. The van der Waals surface area contributed by atoms with Gasteiger partial charge < -0.3 is 23.8 Å². The lowest BCUT2D eigenvalue weighted by atomic mass is 10.3. The minimum atomic E-state index is 0. The van der Waals surface area contributed by atoms with Crippen LogP contribution in [0.15, 0.2) is 36.7 Å². The molecule has 0 unspecified atom stereocenters. The van der Waals surface area contributed by atoms with Crippen LogP contribution in [0, 0.1) is 0 Å². The van der Waals surface area contributed by atoms with Crippen molar-refractivity contribution in [2.45, 2.75) is 0 Å². The van der Waals surface area contributed by atoms with E-state index >= 15 is 0 Å². The third kappa shape index (κ3) is 4.57. The summed E-state index contributed by atoms with van der Waals surface area (Å²) in [5.41, 5.74) is 0. The lowest BCUT2D eigenvalue weighted by Crippen LogP contribution is -2.50. The molecule has 2 aromatic rings. The number of nitrogens with zero attached hydrogens (tertiary/aromatic N) is 4. The highest BCUT2D eigenvalue weighted by atomic mass is 35.5. The SMILES string of the molecule is COc1ccc(OCC(=O)N2CCN(c3nccn3C)CC2)cc1.Cl. The van der Waals surface area contributed by atoms with Gasteiger partial charge in [0.2, 0.25) is 5.95 Å². The molecule has 0 N–H and O–H groups in total. The average Bonchev–Trinajstić information content (AvgIpc) is 3.06. The van der Waals surface area contributed by atoms with Crippen LogP contribution in [-0.4, -0.2) is 60.3 Å². The number of anilines is 1. The Morgan fingerprint density at radius 1 is 1.12 bits per heavy atom. The van der Waals surface area contributed by atoms with Crippen molar-refractivity contribution in [3.8, 4) is 11.5 Å². The maximum Gasteiger partial charge on any atom is 0.260 e. The molecule has 0 saturated carbocycles. The molecule has 136 valence electrons. The van der Waals surface area contributed by atoms with Crippen LogP contribution in [0.3, 0.4) is 0 Å². The highest BCUT2D eigenvalue weighted by Crippen LogP contribution is 2.17. The molecular weight excluding hydrogens is 344 g/mol. The lowest BCUT2D eigenvalue weighted by molar-refractivity contribution is -0.133. The number of halogens is 1. The number of rotatable bonds is 5. The Hall–Kier alpha value is -2.41. The molecule has 0 bridgehead atoms. The van der Waals surface area contributed by atoms with Crippen molar-refractivity contribution in [2.75, 3.05) is 44.8 Å². The zero-order valence-corrected chi connectivity index (χ0v) is 15.2. The Kier molecular flexibility index (Phi) is 6.52. The predicted molar refractivity (Wildman–Crippen MR) is 97.7 cm³/mol. The summed E-state index contributed by atoms with van der Waals surface area (Å²) in [6.45, 7) is 2.96. The summed E-state index contributed by atoms with van der Waals surface area (Å²) < 4.78 is 12.6. The molecule has 0 radical (unpaired) electrons. The number of imidazole rings is 1. The van der Waals surface area contributed by atoms with Crippen LogP contribution in [0.4, 0.5) is 5.95 Å². The third-order valence-electron chi connectivity index (χ3n) is 4.13. The second-order valence-corrected chi connectivity index (χ2v) is 5.67. The topological polar surface area (TPSA) is 59.8 Å². The molecule has 1 aliphatic heterocycles. The number of carbonyl (C=O) groups is 1. The van der Waals surface area contributed by atoms with Gasteiger partial charge in [-0.1, -0.05) is 0 Å². The van der Waals surface area contributed by atoms with Crippen molar-refractivity contribution >= 4 is 24.3 Å². The fourth-order valence-electron chi connectivity index (χ4n) is 2.73. The largest absolute Gasteiger partial charge is 0.497 e. The van der Waals surface area contributed by atoms with Gasteiger partial charge in [0.25, 0.3) is 5.91 Å². The fraction of sp³-hybridized carbons (Fsp3) is 0.412.